The minimum Gasteiger partial charge on any atom is -0.384 e. The van der Waals surface area contributed by atoms with Gasteiger partial charge in [-0.05, 0) is 49.7 Å². The molecule has 21 heavy (non-hydrogen) atoms. The number of likely N-dealkylation sites (N-methyl/N-ethyl adjacent to an activating group) is 1. The van der Waals surface area contributed by atoms with Crippen LogP contribution >= 0.6 is 11.8 Å². The van der Waals surface area contributed by atoms with Crippen LogP contribution in [0.25, 0.3) is 0 Å². The topological polar surface area (TPSA) is 50.9 Å². The van der Waals surface area contributed by atoms with Gasteiger partial charge in [-0.25, -0.2) is 4.98 Å². The summed E-state index contributed by atoms with van der Waals surface area (Å²) in [7, 11) is 0. The second kappa shape index (κ2) is 8.05. The summed E-state index contributed by atoms with van der Waals surface area (Å²) in [5.41, 5.74) is 8.29. The number of hydrogen-bond acceptors (Lipinski definition) is 4. The molecule has 0 spiro atoms. The fraction of sp³-hybridized carbons (Fsp3) is 0.353. The molecule has 0 saturated carbocycles. The van der Waals surface area contributed by atoms with Gasteiger partial charge >= 0.3 is 0 Å². The molecule has 4 heteroatoms. The van der Waals surface area contributed by atoms with Gasteiger partial charge in [0.05, 0.1) is 0 Å². The van der Waals surface area contributed by atoms with E-state index in [9.17, 15) is 0 Å². The van der Waals surface area contributed by atoms with E-state index >= 15 is 0 Å². The van der Waals surface area contributed by atoms with Crippen molar-refractivity contribution < 1.29 is 0 Å². The average molecular weight is 301 g/mol. The van der Waals surface area contributed by atoms with Crippen molar-refractivity contribution in [2.45, 2.75) is 31.2 Å². The normalized spacial score (nSPS) is 12.3. The summed E-state index contributed by atoms with van der Waals surface area (Å²) in [6.45, 7) is 5.23. The molecule has 0 aliphatic carbocycles. The summed E-state index contributed by atoms with van der Waals surface area (Å²) in [6.07, 6.45) is 2.75. The first-order chi connectivity index (χ1) is 10.2. The summed E-state index contributed by atoms with van der Waals surface area (Å²) in [5, 5.41) is 3.55. The van der Waals surface area contributed by atoms with Gasteiger partial charge in [-0.15, -0.1) is 11.8 Å². The standard InChI is InChI=1S/C17H23N3S/c1-3-19-15(10-14-8-9-20-17(18)11-14)12-21-16-6-4-13(2)5-7-16/h4-9,11,15,19H,3,10,12H2,1-2H3,(H2,18,20). The largest absolute Gasteiger partial charge is 0.384 e. The number of nitrogens with two attached hydrogens (primary N) is 1. The predicted molar refractivity (Wildman–Crippen MR) is 91.7 cm³/mol. The van der Waals surface area contributed by atoms with Crippen molar-refractivity contribution in [3.8, 4) is 0 Å². The Labute approximate surface area is 131 Å². The molecule has 0 aliphatic heterocycles. The number of aryl methyl sites for hydroxylation is 1. The third-order valence-electron chi connectivity index (χ3n) is 3.29. The fourth-order valence-electron chi connectivity index (χ4n) is 2.22. The van der Waals surface area contributed by atoms with Crippen molar-refractivity contribution in [1.82, 2.24) is 10.3 Å². The monoisotopic (exact) mass is 301 g/mol. The SMILES string of the molecule is CCNC(CSc1ccc(C)cc1)Cc1ccnc(N)c1. The Kier molecular flexibility index (Phi) is 6.08. The van der Waals surface area contributed by atoms with Crippen LogP contribution in [0.5, 0.6) is 0 Å². The highest BCUT2D eigenvalue weighted by atomic mass is 32.2. The van der Waals surface area contributed by atoms with Crippen molar-refractivity contribution >= 4 is 17.6 Å². The zero-order chi connectivity index (χ0) is 15.1. The Hall–Kier alpha value is -1.52. The number of aromatic nitrogens is 1. The number of nitrogens with zero attached hydrogens (tertiary/aromatic N) is 1. The van der Waals surface area contributed by atoms with E-state index in [-0.39, 0.29) is 0 Å². The van der Waals surface area contributed by atoms with Crippen molar-refractivity contribution in [3.05, 3.63) is 53.7 Å². The minimum atomic E-state index is 0.433. The lowest BCUT2D eigenvalue weighted by Crippen LogP contribution is -2.33. The van der Waals surface area contributed by atoms with Crippen LogP contribution in [0.15, 0.2) is 47.5 Å². The van der Waals surface area contributed by atoms with E-state index in [4.69, 9.17) is 5.73 Å². The summed E-state index contributed by atoms with van der Waals surface area (Å²) < 4.78 is 0. The van der Waals surface area contributed by atoms with Crippen LogP contribution in [0, 0.1) is 6.92 Å². The third-order valence-corrected chi connectivity index (χ3v) is 4.47. The van der Waals surface area contributed by atoms with Gasteiger partial charge in [0.25, 0.3) is 0 Å². The molecule has 1 unspecified atom stereocenters. The van der Waals surface area contributed by atoms with Crippen LogP contribution in [-0.4, -0.2) is 23.3 Å². The maximum atomic E-state index is 5.75. The molecule has 0 fully saturated rings. The number of benzene rings is 1. The lowest BCUT2D eigenvalue weighted by Gasteiger charge is -2.18. The summed E-state index contributed by atoms with van der Waals surface area (Å²) in [6, 6.07) is 13.1. The molecule has 0 radical (unpaired) electrons. The molecule has 1 aromatic carbocycles. The summed E-state index contributed by atoms with van der Waals surface area (Å²) in [4.78, 5) is 5.36. The Balaban J connectivity index is 1.93. The highest BCUT2D eigenvalue weighted by molar-refractivity contribution is 7.99. The van der Waals surface area contributed by atoms with Gasteiger partial charge in [-0.2, -0.15) is 0 Å². The van der Waals surface area contributed by atoms with E-state index in [1.165, 1.54) is 16.0 Å². The van der Waals surface area contributed by atoms with Crippen molar-refractivity contribution in [1.29, 1.82) is 0 Å². The minimum absolute atomic E-state index is 0.433. The quantitative estimate of drug-likeness (QED) is 0.771. The van der Waals surface area contributed by atoms with Crippen molar-refractivity contribution in [2.24, 2.45) is 0 Å². The zero-order valence-electron chi connectivity index (χ0n) is 12.7. The van der Waals surface area contributed by atoms with E-state index in [1.807, 2.05) is 23.9 Å². The van der Waals surface area contributed by atoms with Gasteiger partial charge in [0.15, 0.2) is 0 Å². The fourth-order valence-corrected chi connectivity index (χ4v) is 3.17. The lowest BCUT2D eigenvalue weighted by atomic mass is 10.1. The third kappa shape index (κ3) is 5.40. The highest BCUT2D eigenvalue weighted by Crippen LogP contribution is 2.20. The molecule has 2 rings (SSSR count). The van der Waals surface area contributed by atoms with Crippen LogP contribution in [0.3, 0.4) is 0 Å². The molecule has 1 heterocycles. The molecular weight excluding hydrogens is 278 g/mol. The number of thioether (sulfide) groups is 1. The molecule has 0 bridgehead atoms. The van der Waals surface area contributed by atoms with E-state index in [0.29, 0.717) is 11.9 Å². The molecule has 3 N–H and O–H groups in total. The first-order valence-corrected chi connectivity index (χ1v) is 8.29. The van der Waals surface area contributed by atoms with E-state index < -0.39 is 0 Å². The van der Waals surface area contributed by atoms with Crippen LogP contribution in [0.2, 0.25) is 0 Å². The molecule has 0 saturated heterocycles. The molecule has 112 valence electrons. The zero-order valence-corrected chi connectivity index (χ0v) is 13.5. The van der Waals surface area contributed by atoms with Gasteiger partial charge < -0.3 is 11.1 Å². The Morgan fingerprint density at radius 1 is 1.24 bits per heavy atom. The number of anilines is 1. The van der Waals surface area contributed by atoms with Gasteiger partial charge in [0, 0.05) is 22.9 Å². The van der Waals surface area contributed by atoms with E-state index in [1.54, 1.807) is 6.20 Å². The van der Waals surface area contributed by atoms with Crippen molar-refractivity contribution in [3.63, 3.8) is 0 Å². The van der Waals surface area contributed by atoms with E-state index in [0.717, 1.165) is 18.7 Å². The number of nitrogens with one attached hydrogen (secondary N) is 1. The van der Waals surface area contributed by atoms with Crippen molar-refractivity contribution in [2.75, 3.05) is 18.0 Å². The number of nitrogen functional groups attached to an aromatic ring is 1. The van der Waals surface area contributed by atoms with E-state index in [2.05, 4.69) is 48.4 Å². The molecule has 0 amide bonds. The first-order valence-electron chi connectivity index (χ1n) is 7.30. The summed E-state index contributed by atoms with van der Waals surface area (Å²) in [5.74, 6) is 1.63. The molecule has 1 aromatic heterocycles. The maximum absolute atomic E-state index is 5.75. The van der Waals surface area contributed by atoms with Gasteiger partial charge in [-0.3, -0.25) is 0 Å². The lowest BCUT2D eigenvalue weighted by molar-refractivity contribution is 0.572. The smallest absolute Gasteiger partial charge is 0.123 e. The second-order valence-electron chi connectivity index (χ2n) is 5.17. The summed E-state index contributed by atoms with van der Waals surface area (Å²) >= 11 is 1.89. The number of pyridine rings is 1. The highest BCUT2D eigenvalue weighted by Gasteiger charge is 2.09. The molecule has 3 nitrogen and oxygen atoms in total. The molecule has 0 aliphatic rings. The van der Waals surface area contributed by atoms with Crippen LogP contribution in [0.4, 0.5) is 5.82 Å². The number of hydrogen-bond donors (Lipinski definition) is 2. The van der Waals surface area contributed by atoms with Gasteiger partial charge in [-0.1, -0.05) is 24.6 Å². The Morgan fingerprint density at radius 3 is 2.67 bits per heavy atom. The molecule has 2 aromatic rings. The second-order valence-corrected chi connectivity index (χ2v) is 6.27. The van der Waals surface area contributed by atoms with Crippen LogP contribution in [-0.2, 0) is 6.42 Å². The molecule has 1 atom stereocenters. The van der Waals surface area contributed by atoms with Gasteiger partial charge in [0.2, 0.25) is 0 Å². The van der Waals surface area contributed by atoms with Gasteiger partial charge in [0.1, 0.15) is 5.82 Å². The first kappa shape index (κ1) is 15.9. The molecular formula is C17H23N3S. The Bertz CT molecular complexity index is 554. The van der Waals surface area contributed by atoms with Crippen LogP contribution < -0.4 is 11.1 Å². The number of rotatable bonds is 7. The van der Waals surface area contributed by atoms with Crippen LogP contribution in [0.1, 0.15) is 18.1 Å². The average Bonchev–Trinajstić information content (AvgIpc) is 2.47. The predicted octanol–water partition coefficient (Wildman–Crippen LogP) is 3.29. The maximum Gasteiger partial charge on any atom is 0.123 e. The Morgan fingerprint density at radius 2 is 2.00 bits per heavy atom.